The molecule has 0 aliphatic heterocycles. The Morgan fingerprint density at radius 1 is 0.880 bits per heavy atom. The van der Waals surface area contributed by atoms with Gasteiger partial charge in [-0.05, 0) is 24.3 Å². The van der Waals surface area contributed by atoms with Crippen LogP contribution >= 0.6 is 0 Å². The van der Waals surface area contributed by atoms with Crippen molar-refractivity contribution in [2.45, 2.75) is 0 Å². The number of fused-ring (bicyclic) bond motifs is 2. The summed E-state index contributed by atoms with van der Waals surface area (Å²) in [6.45, 7) is 0. The van der Waals surface area contributed by atoms with Crippen LogP contribution in [0.25, 0.3) is 21.8 Å². The fourth-order valence-electron chi connectivity index (χ4n) is 2.75. The highest BCUT2D eigenvalue weighted by Gasteiger charge is 2.15. The number of halogens is 1. The summed E-state index contributed by atoms with van der Waals surface area (Å²) in [7, 11) is 0. The number of aromatic nitrogens is 2. The monoisotopic (exact) mass is 336 g/mol. The van der Waals surface area contributed by atoms with E-state index in [9.17, 15) is 14.0 Å². The van der Waals surface area contributed by atoms with Crippen LogP contribution in [0.1, 0.15) is 20.8 Å². The molecule has 2 aromatic heterocycles. The maximum atomic E-state index is 13.7. The molecule has 0 aliphatic rings. The Bertz CT molecular complexity index is 1110. The predicted octanol–water partition coefficient (Wildman–Crippen LogP) is 2.86. The molecule has 4 N–H and O–H groups in total. The summed E-state index contributed by atoms with van der Waals surface area (Å²) in [4.78, 5) is 30.2. The molecular formula is C18H13FN4O2. The van der Waals surface area contributed by atoms with Gasteiger partial charge >= 0.3 is 0 Å². The lowest BCUT2D eigenvalue weighted by Crippen LogP contribution is -2.41. The molecule has 0 radical (unpaired) electrons. The summed E-state index contributed by atoms with van der Waals surface area (Å²) >= 11 is 0. The van der Waals surface area contributed by atoms with E-state index in [2.05, 4.69) is 20.8 Å². The van der Waals surface area contributed by atoms with Crippen LogP contribution in [0.4, 0.5) is 4.39 Å². The lowest BCUT2D eigenvalue weighted by atomic mass is 10.2. The van der Waals surface area contributed by atoms with Gasteiger partial charge in [-0.2, -0.15) is 0 Å². The van der Waals surface area contributed by atoms with Crippen molar-refractivity contribution in [2.75, 3.05) is 0 Å². The average molecular weight is 336 g/mol. The first-order valence-electron chi connectivity index (χ1n) is 7.57. The third-order valence-corrected chi connectivity index (χ3v) is 3.98. The van der Waals surface area contributed by atoms with Gasteiger partial charge < -0.3 is 9.97 Å². The SMILES string of the molecule is O=C(NNC(=O)c1c[nH]c2ccccc12)c1cc2c(F)cccc2[nH]1. The minimum Gasteiger partial charge on any atom is -0.360 e. The molecule has 2 aromatic carbocycles. The standard InChI is InChI=1S/C18H13FN4O2/c19-13-5-3-7-15-11(13)8-16(21-15)18(25)23-22-17(24)12-9-20-14-6-2-1-4-10(12)14/h1-9,20-21H,(H,22,24)(H,23,25). The van der Waals surface area contributed by atoms with Crippen molar-refractivity contribution in [3.8, 4) is 0 Å². The first-order valence-corrected chi connectivity index (χ1v) is 7.57. The maximum absolute atomic E-state index is 13.7. The Hall–Kier alpha value is -3.61. The zero-order chi connectivity index (χ0) is 17.4. The van der Waals surface area contributed by atoms with Crippen LogP contribution in [0, 0.1) is 5.82 Å². The lowest BCUT2D eigenvalue weighted by molar-refractivity contribution is 0.0845. The van der Waals surface area contributed by atoms with Gasteiger partial charge in [0.25, 0.3) is 11.8 Å². The fourth-order valence-corrected chi connectivity index (χ4v) is 2.75. The molecule has 0 atom stereocenters. The molecule has 0 unspecified atom stereocenters. The number of amides is 2. The molecule has 0 bridgehead atoms. The smallest absolute Gasteiger partial charge is 0.286 e. The molecule has 2 heterocycles. The number of carbonyl (C=O) groups is 2. The number of benzene rings is 2. The second kappa shape index (κ2) is 5.79. The van der Waals surface area contributed by atoms with Gasteiger partial charge in [0.2, 0.25) is 0 Å². The van der Waals surface area contributed by atoms with Gasteiger partial charge in [0.15, 0.2) is 0 Å². The quantitative estimate of drug-likeness (QED) is 0.424. The van der Waals surface area contributed by atoms with Crippen LogP contribution in [0.2, 0.25) is 0 Å². The van der Waals surface area contributed by atoms with Crippen molar-refractivity contribution in [2.24, 2.45) is 0 Å². The second-order valence-corrected chi connectivity index (χ2v) is 5.54. The highest BCUT2D eigenvalue weighted by atomic mass is 19.1. The third-order valence-electron chi connectivity index (χ3n) is 3.98. The van der Waals surface area contributed by atoms with Crippen LogP contribution in [0.5, 0.6) is 0 Å². The number of para-hydroxylation sites is 1. The number of H-pyrrole nitrogens is 2. The molecule has 25 heavy (non-hydrogen) atoms. The number of nitrogens with one attached hydrogen (secondary N) is 4. The minimum absolute atomic E-state index is 0.152. The zero-order valence-electron chi connectivity index (χ0n) is 12.9. The molecule has 0 fully saturated rings. The number of rotatable bonds is 2. The molecule has 0 aliphatic carbocycles. The molecule has 0 spiro atoms. The largest absolute Gasteiger partial charge is 0.360 e. The van der Waals surface area contributed by atoms with E-state index in [4.69, 9.17) is 0 Å². The number of aromatic amines is 2. The fraction of sp³-hybridized carbons (Fsp3) is 0. The molecule has 124 valence electrons. The maximum Gasteiger partial charge on any atom is 0.286 e. The van der Waals surface area contributed by atoms with E-state index in [1.165, 1.54) is 12.1 Å². The summed E-state index contributed by atoms with van der Waals surface area (Å²) < 4.78 is 13.7. The van der Waals surface area contributed by atoms with Crippen LogP contribution < -0.4 is 10.9 Å². The van der Waals surface area contributed by atoms with Gasteiger partial charge in [-0.15, -0.1) is 0 Å². The molecule has 0 saturated carbocycles. The van der Waals surface area contributed by atoms with Crippen molar-refractivity contribution >= 4 is 33.6 Å². The first-order chi connectivity index (χ1) is 12.1. The van der Waals surface area contributed by atoms with Crippen molar-refractivity contribution in [3.63, 3.8) is 0 Å². The van der Waals surface area contributed by atoms with Gasteiger partial charge in [0.1, 0.15) is 11.5 Å². The number of hydrogen-bond donors (Lipinski definition) is 4. The first kappa shape index (κ1) is 14.9. The van der Waals surface area contributed by atoms with E-state index in [0.717, 1.165) is 10.9 Å². The van der Waals surface area contributed by atoms with E-state index in [0.29, 0.717) is 16.5 Å². The van der Waals surface area contributed by atoms with Gasteiger partial charge in [-0.3, -0.25) is 20.4 Å². The predicted molar refractivity (Wildman–Crippen MR) is 91.5 cm³/mol. The normalized spacial score (nSPS) is 10.9. The van der Waals surface area contributed by atoms with E-state index in [1.807, 2.05) is 24.3 Å². The average Bonchev–Trinajstić information content (AvgIpc) is 3.24. The molecule has 0 saturated heterocycles. The van der Waals surface area contributed by atoms with Gasteiger partial charge in [-0.1, -0.05) is 24.3 Å². The van der Waals surface area contributed by atoms with Crippen LogP contribution in [0.3, 0.4) is 0 Å². The van der Waals surface area contributed by atoms with Crippen molar-refractivity contribution in [1.29, 1.82) is 0 Å². The molecule has 7 heteroatoms. The topological polar surface area (TPSA) is 89.8 Å². The van der Waals surface area contributed by atoms with E-state index < -0.39 is 17.6 Å². The van der Waals surface area contributed by atoms with Gasteiger partial charge in [0.05, 0.1) is 5.56 Å². The number of carbonyl (C=O) groups excluding carboxylic acids is 2. The Morgan fingerprint density at radius 3 is 2.48 bits per heavy atom. The summed E-state index contributed by atoms with van der Waals surface area (Å²) in [6, 6.07) is 13.3. The Balaban J connectivity index is 1.51. The molecule has 4 rings (SSSR count). The third kappa shape index (κ3) is 2.61. The van der Waals surface area contributed by atoms with Gasteiger partial charge in [-0.25, -0.2) is 4.39 Å². The van der Waals surface area contributed by atoms with Crippen LogP contribution in [0.15, 0.2) is 54.7 Å². The zero-order valence-corrected chi connectivity index (χ0v) is 12.9. The van der Waals surface area contributed by atoms with E-state index in [1.54, 1.807) is 18.3 Å². The summed E-state index contributed by atoms with van der Waals surface area (Å²) in [5, 5.41) is 1.07. The van der Waals surface area contributed by atoms with Crippen LogP contribution in [-0.4, -0.2) is 21.8 Å². The number of hydrazine groups is 1. The summed E-state index contributed by atoms with van der Waals surface area (Å²) in [5.41, 5.74) is 6.59. The Labute approximate surface area is 141 Å². The summed E-state index contributed by atoms with van der Waals surface area (Å²) in [6.07, 6.45) is 1.57. The van der Waals surface area contributed by atoms with Crippen LogP contribution in [-0.2, 0) is 0 Å². The van der Waals surface area contributed by atoms with Crippen molar-refractivity contribution < 1.29 is 14.0 Å². The number of hydrogen-bond acceptors (Lipinski definition) is 2. The van der Waals surface area contributed by atoms with E-state index in [-0.39, 0.29) is 5.69 Å². The van der Waals surface area contributed by atoms with Gasteiger partial charge in [0, 0.05) is 28.0 Å². The highest BCUT2D eigenvalue weighted by molar-refractivity contribution is 6.07. The van der Waals surface area contributed by atoms with E-state index >= 15 is 0 Å². The van der Waals surface area contributed by atoms with Crippen molar-refractivity contribution in [1.82, 2.24) is 20.8 Å². The summed E-state index contributed by atoms with van der Waals surface area (Å²) in [5.74, 6) is -1.44. The Morgan fingerprint density at radius 2 is 1.64 bits per heavy atom. The molecule has 4 aromatic rings. The minimum atomic E-state index is -0.566. The van der Waals surface area contributed by atoms with Crippen molar-refractivity contribution in [3.05, 3.63) is 71.8 Å². The lowest BCUT2D eigenvalue weighted by Gasteiger charge is -2.05. The Kier molecular flexibility index (Phi) is 3.46. The molecule has 6 nitrogen and oxygen atoms in total. The molecular weight excluding hydrogens is 323 g/mol. The second-order valence-electron chi connectivity index (χ2n) is 5.54. The molecule has 2 amide bonds. The highest BCUT2D eigenvalue weighted by Crippen LogP contribution is 2.19.